The molecule has 0 N–H and O–H groups in total. The molecular weight excluding hydrogens is 417 g/mol. The third-order valence-corrected chi connectivity index (χ3v) is 5.15. The second-order valence-electron chi connectivity index (χ2n) is 6.30. The minimum atomic E-state index is 0.185. The Kier molecular flexibility index (Phi) is 5.41. The van der Waals surface area contributed by atoms with Gasteiger partial charge in [0.2, 0.25) is 0 Å². The molecule has 0 saturated heterocycles. The van der Waals surface area contributed by atoms with Crippen molar-refractivity contribution >= 4 is 34.9 Å². The van der Waals surface area contributed by atoms with Crippen molar-refractivity contribution in [3.63, 3.8) is 0 Å². The van der Waals surface area contributed by atoms with Gasteiger partial charge in [-0.2, -0.15) is 15.6 Å². The van der Waals surface area contributed by atoms with E-state index in [1.54, 1.807) is 33.5 Å². The van der Waals surface area contributed by atoms with Crippen LogP contribution in [0.1, 0.15) is 16.8 Å². The average Bonchev–Trinajstić information content (AvgIpc) is 3.42. The van der Waals surface area contributed by atoms with Gasteiger partial charge in [0.05, 0.1) is 11.3 Å². The van der Waals surface area contributed by atoms with Gasteiger partial charge in [-0.15, -0.1) is 0 Å². The van der Waals surface area contributed by atoms with Gasteiger partial charge in [-0.05, 0) is 42.5 Å². The summed E-state index contributed by atoms with van der Waals surface area (Å²) in [6.07, 6.45) is 5.20. The molecule has 0 aliphatic heterocycles. The zero-order valence-corrected chi connectivity index (χ0v) is 17.0. The molecule has 0 spiro atoms. The van der Waals surface area contributed by atoms with Gasteiger partial charge in [0.1, 0.15) is 23.4 Å². The summed E-state index contributed by atoms with van der Waals surface area (Å²) in [5, 5.41) is 25.3. The summed E-state index contributed by atoms with van der Waals surface area (Å²) < 4.78 is 3.44. The van der Waals surface area contributed by atoms with Crippen LogP contribution in [0.25, 0.3) is 23.2 Å². The monoisotopic (exact) mass is 429 g/mol. The molecule has 5 nitrogen and oxygen atoms in total. The van der Waals surface area contributed by atoms with Crippen molar-refractivity contribution in [3.05, 3.63) is 99.9 Å². The third-order valence-electron chi connectivity index (χ3n) is 4.49. The van der Waals surface area contributed by atoms with E-state index in [2.05, 4.69) is 17.2 Å². The fourth-order valence-corrected chi connectivity index (χ4v) is 3.62. The second-order valence-corrected chi connectivity index (χ2v) is 7.12. The molecule has 0 radical (unpaired) electrons. The Hall–Kier alpha value is -3.77. The minimum absolute atomic E-state index is 0.185. The van der Waals surface area contributed by atoms with E-state index in [1.807, 2.05) is 54.9 Å². The average molecular weight is 430 g/mol. The number of hydrogen-bond acceptors (Lipinski definition) is 3. The molecule has 0 atom stereocenters. The highest BCUT2D eigenvalue weighted by molar-refractivity contribution is 6.37. The SMILES string of the molecule is N#CC(=Cc1c(Cl)cccc1Cl)c1nn(-c2ccccc2)c(-n2cccc2)c1C#N. The van der Waals surface area contributed by atoms with Crippen molar-refractivity contribution in [1.29, 1.82) is 10.5 Å². The van der Waals surface area contributed by atoms with E-state index >= 15 is 0 Å². The lowest BCUT2D eigenvalue weighted by molar-refractivity contribution is 0.820. The Bertz CT molecular complexity index is 1300. The van der Waals surface area contributed by atoms with Gasteiger partial charge >= 0.3 is 0 Å². The van der Waals surface area contributed by atoms with E-state index in [0.717, 1.165) is 5.69 Å². The maximum Gasteiger partial charge on any atom is 0.159 e. The first-order chi connectivity index (χ1) is 14.6. The number of rotatable bonds is 4. The summed E-state index contributed by atoms with van der Waals surface area (Å²) in [6.45, 7) is 0. The predicted octanol–water partition coefficient (Wildman–Crippen LogP) is 5.91. The molecule has 0 unspecified atom stereocenters. The summed E-state index contributed by atoms with van der Waals surface area (Å²) in [5.41, 5.74) is 1.97. The van der Waals surface area contributed by atoms with Crippen LogP contribution < -0.4 is 0 Å². The van der Waals surface area contributed by atoms with Gasteiger partial charge in [-0.25, -0.2) is 4.68 Å². The smallest absolute Gasteiger partial charge is 0.159 e. The number of halogens is 2. The maximum atomic E-state index is 9.97. The summed E-state index contributed by atoms with van der Waals surface area (Å²) in [7, 11) is 0. The number of hydrogen-bond donors (Lipinski definition) is 0. The van der Waals surface area contributed by atoms with Crippen LogP contribution in [0.3, 0.4) is 0 Å². The lowest BCUT2D eigenvalue weighted by atomic mass is 10.1. The molecule has 7 heteroatoms. The first-order valence-corrected chi connectivity index (χ1v) is 9.67. The van der Waals surface area contributed by atoms with E-state index in [4.69, 9.17) is 23.2 Å². The quantitative estimate of drug-likeness (QED) is 0.378. The Morgan fingerprint density at radius 3 is 2.17 bits per heavy atom. The Balaban J connectivity index is 2.00. The predicted molar refractivity (Wildman–Crippen MR) is 118 cm³/mol. The van der Waals surface area contributed by atoms with Crippen molar-refractivity contribution in [2.75, 3.05) is 0 Å². The highest BCUT2D eigenvalue weighted by Crippen LogP contribution is 2.32. The minimum Gasteiger partial charge on any atom is -0.307 e. The molecular formula is C23H13Cl2N5. The molecule has 0 fully saturated rings. The molecule has 2 heterocycles. The number of benzene rings is 2. The maximum absolute atomic E-state index is 9.97. The highest BCUT2D eigenvalue weighted by atomic mass is 35.5. The standard InChI is InChI=1S/C23H13Cl2N5/c24-20-9-6-10-21(25)18(20)13-16(14-26)22-19(15-27)23(29-11-4-5-12-29)30(28-22)17-7-2-1-3-8-17/h1-13H. The zero-order chi connectivity index (χ0) is 21.1. The molecule has 2 aromatic heterocycles. The third kappa shape index (κ3) is 3.49. The summed E-state index contributed by atoms with van der Waals surface area (Å²) in [6, 6.07) is 22.6. The van der Waals surface area contributed by atoms with Crippen molar-refractivity contribution in [2.24, 2.45) is 0 Å². The highest BCUT2D eigenvalue weighted by Gasteiger charge is 2.23. The van der Waals surface area contributed by atoms with Crippen molar-refractivity contribution in [3.8, 4) is 23.6 Å². The number of nitrogens with zero attached hydrogens (tertiary/aromatic N) is 5. The van der Waals surface area contributed by atoms with Crippen LogP contribution in [0.4, 0.5) is 0 Å². The first kappa shape index (κ1) is 19.5. The fourth-order valence-electron chi connectivity index (χ4n) is 3.11. The molecule has 4 aromatic rings. The number of para-hydroxylation sites is 1. The lowest BCUT2D eigenvalue weighted by Gasteiger charge is -2.08. The Morgan fingerprint density at radius 1 is 0.900 bits per heavy atom. The van der Waals surface area contributed by atoms with Gasteiger partial charge in [0, 0.05) is 28.0 Å². The molecule has 30 heavy (non-hydrogen) atoms. The summed E-state index contributed by atoms with van der Waals surface area (Å²) in [5.74, 6) is 0.537. The van der Waals surface area contributed by atoms with Gasteiger partial charge in [0.15, 0.2) is 5.82 Å². The first-order valence-electron chi connectivity index (χ1n) is 8.92. The summed E-state index contributed by atoms with van der Waals surface area (Å²) in [4.78, 5) is 0. The van der Waals surface area contributed by atoms with Gasteiger partial charge in [-0.1, -0.05) is 47.5 Å². The van der Waals surface area contributed by atoms with E-state index in [0.29, 0.717) is 21.4 Å². The van der Waals surface area contributed by atoms with Crippen LogP contribution in [0.5, 0.6) is 0 Å². The molecule has 0 aliphatic carbocycles. The second kappa shape index (κ2) is 8.31. The normalized spacial score (nSPS) is 11.1. The van der Waals surface area contributed by atoms with E-state index in [1.165, 1.54) is 0 Å². The van der Waals surface area contributed by atoms with Crippen molar-refractivity contribution < 1.29 is 0 Å². The van der Waals surface area contributed by atoms with Crippen LogP contribution in [-0.2, 0) is 0 Å². The van der Waals surface area contributed by atoms with Crippen LogP contribution in [0.15, 0.2) is 73.1 Å². The number of nitriles is 2. The van der Waals surface area contributed by atoms with E-state index < -0.39 is 0 Å². The van der Waals surface area contributed by atoms with E-state index in [-0.39, 0.29) is 16.8 Å². The summed E-state index contributed by atoms with van der Waals surface area (Å²) >= 11 is 12.5. The van der Waals surface area contributed by atoms with Crippen LogP contribution in [0, 0.1) is 22.7 Å². The van der Waals surface area contributed by atoms with Crippen LogP contribution >= 0.6 is 23.2 Å². The van der Waals surface area contributed by atoms with Crippen LogP contribution in [0.2, 0.25) is 10.0 Å². The largest absolute Gasteiger partial charge is 0.307 e. The van der Waals surface area contributed by atoms with Gasteiger partial charge < -0.3 is 4.57 Å². The van der Waals surface area contributed by atoms with Gasteiger partial charge in [-0.3, -0.25) is 0 Å². The molecule has 0 saturated carbocycles. The lowest BCUT2D eigenvalue weighted by Crippen LogP contribution is -2.04. The molecule has 4 rings (SSSR count). The molecule has 0 amide bonds. The molecule has 0 bridgehead atoms. The fraction of sp³-hybridized carbons (Fsp3) is 0. The topological polar surface area (TPSA) is 70.3 Å². The van der Waals surface area contributed by atoms with Gasteiger partial charge in [0.25, 0.3) is 0 Å². The van der Waals surface area contributed by atoms with Crippen molar-refractivity contribution in [2.45, 2.75) is 0 Å². The van der Waals surface area contributed by atoms with Crippen molar-refractivity contribution in [1.82, 2.24) is 14.3 Å². The molecule has 2 aromatic carbocycles. The number of aromatic nitrogens is 3. The molecule has 0 aliphatic rings. The van der Waals surface area contributed by atoms with Crippen LogP contribution in [-0.4, -0.2) is 14.3 Å². The zero-order valence-electron chi connectivity index (χ0n) is 15.5. The number of allylic oxidation sites excluding steroid dienone is 1. The Labute approximate surface area is 183 Å². The Morgan fingerprint density at radius 2 is 1.57 bits per heavy atom. The molecule has 144 valence electrons. The van der Waals surface area contributed by atoms with E-state index in [9.17, 15) is 10.5 Å².